The molecule has 1 aliphatic carbocycles. The summed E-state index contributed by atoms with van der Waals surface area (Å²) in [5.74, 6) is 1.04. The van der Waals surface area contributed by atoms with Crippen LogP contribution in [0.4, 0.5) is 5.69 Å². The minimum Gasteiger partial charge on any atom is -0.494 e. The van der Waals surface area contributed by atoms with Crippen molar-refractivity contribution in [2.75, 3.05) is 12.3 Å². The summed E-state index contributed by atoms with van der Waals surface area (Å²) >= 11 is 0. The van der Waals surface area contributed by atoms with Gasteiger partial charge in [0.1, 0.15) is 5.75 Å². The lowest BCUT2D eigenvalue weighted by atomic mass is 9.90. The van der Waals surface area contributed by atoms with Crippen LogP contribution in [0.25, 0.3) is 0 Å². The summed E-state index contributed by atoms with van der Waals surface area (Å²) in [7, 11) is 0. The first kappa shape index (κ1) is 9.38. The molecule has 76 valence electrons. The minimum absolute atomic E-state index is 0.732. The molecular formula is C12H17NO. The first-order valence-corrected chi connectivity index (χ1v) is 5.36. The van der Waals surface area contributed by atoms with Crippen molar-refractivity contribution in [1.29, 1.82) is 0 Å². The third-order valence-electron chi connectivity index (χ3n) is 2.83. The summed E-state index contributed by atoms with van der Waals surface area (Å²) in [5.41, 5.74) is 9.55. The number of ether oxygens (including phenoxy) is 1. The molecular weight excluding hydrogens is 174 g/mol. The zero-order chi connectivity index (χ0) is 9.97. The summed E-state index contributed by atoms with van der Waals surface area (Å²) in [5, 5.41) is 0. The fourth-order valence-electron chi connectivity index (χ4n) is 2.15. The standard InChI is InChI=1S/C12H17NO/c1-2-14-12-8-7-11(13)9-5-3-4-6-10(9)12/h7-8H,2-6,13H2,1H3. The van der Waals surface area contributed by atoms with Gasteiger partial charge in [0.2, 0.25) is 0 Å². The van der Waals surface area contributed by atoms with Gasteiger partial charge in [-0.15, -0.1) is 0 Å². The normalized spacial score (nSPS) is 14.9. The van der Waals surface area contributed by atoms with Gasteiger partial charge >= 0.3 is 0 Å². The molecule has 2 rings (SSSR count). The Labute approximate surface area is 85.1 Å². The number of fused-ring (bicyclic) bond motifs is 1. The Morgan fingerprint density at radius 3 is 2.64 bits per heavy atom. The molecule has 1 aromatic carbocycles. The molecule has 0 spiro atoms. The van der Waals surface area contributed by atoms with Gasteiger partial charge in [-0.2, -0.15) is 0 Å². The maximum atomic E-state index is 5.95. The molecule has 2 nitrogen and oxygen atoms in total. The molecule has 0 saturated carbocycles. The molecule has 0 aliphatic heterocycles. The van der Waals surface area contributed by atoms with E-state index in [0.717, 1.165) is 30.9 Å². The largest absolute Gasteiger partial charge is 0.494 e. The highest BCUT2D eigenvalue weighted by molar-refractivity contribution is 5.57. The lowest BCUT2D eigenvalue weighted by Gasteiger charge is -2.20. The van der Waals surface area contributed by atoms with Gasteiger partial charge in [0.05, 0.1) is 6.61 Å². The van der Waals surface area contributed by atoms with Crippen LogP contribution in [-0.4, -0.2) is 6.61 Å². The molecule has 0 aromatic heterocycles. The van der Waals surface area contributed by atoms with Crippen molar-refractivity contribution < 1.29 is 4.74 Å². The summed E-state index contributed by atoms with van der Waals surface area (Å²) in [6.07, 6.45) is 4.75. The molecule has 1 aliphatic rings. The average molecular weight is 191 g/mol. The Morgan fingerprint density at radius 1 is 1.21 bits per heavy atom. The Kier molecular flexibility index (Phi) is 2.62. The van der Waals surface area contributed by atoms with Gasteiger partial charge in [0.15, 0.2) is 0 Å². The summed E-state index contributed by atoms with van der Waals surface area (Å²) < 4.78 is 5.60. The molecule has 0 unspecified atom stereocenters. The van der Waals surface area contributed by atoms with E-state index in [-0.39, 0.29) is 0 Å². The van der Waals surface area contributed by atoms with Crippen molar-refractivity contribution >= 4 is 5.69 Å². The maximum Gasteiger partial charge on any atom is 0.122 e. The molecule has 2 N–H and O–H groups in total. The highest BCUT2D eigenvalue weighted by Crippen LogP contribution is 2.33. The predicted molar refractivity (Wildman–Crippen MR) is 58.7 cm³/mol. The van der Waals surface area contributed by atoms with E-state index in [1.165, 1.54) is 24.0 Å². The van der Waals surface area contributed by atoms with E-state index in [1.54, 1.807) is 0 Å². The molecule has 0 heterocycles. The average Bonchev–Trinajstić information content (AvgIpc) is 2.23. The Bertz CT molecular complexity index is 333. The van der Waals surface area contributed by atoms with Crippen molar-refractivity contribution in [2.45, 2.75) is 32.6 Å². The van der Waals surface area contributed by atoms with Crippen molar-refractivity contribution in [1.82, 2.24) is 0 Å². The minimum atomic E-state index is 0.732. The van der Waals surface area contributed by atoms with E-state index in [0.29, 0.717) is 0 Å². The highest BCUT2D eigenvalue weighted by Gasteiger charge is 2.16. The second-order valence-electron chi connectivity index (χ2n) is 3.75. The summed E-state index contributed by atoms with van der Waals surface area (Å²) in [6.45, 7) is 2.75. The van der Waals surface area contributed by atoms with Crippen LogP contribution in [0.1, 0.15) is 30.9 Å². The Balaban J connectivity index is 2.42. The number of hydrogen-bond acceptors (Lipinski definition) is 2. The fraction of sp³-hybridized carbons (Fsp3) is 0.500. The fourth-order valence-corrected chi connectivity index (χ4v) is 2.15. The predicted octanol–water partition coefficient (Wildman–Crippen LogP) is 2.55. The molecule has 14 heavy (non-hydrogen) atoms. The van der Waals surface area contributed by atoms with E-state index < -0.39 is 0 Å². The highest BCUT2D eigenvalue weighted by atomic mass is 16.5. The summed E-state index contributed by atoms with van der Waals surface area (Å²) in [4.78, 5) is 0. The van der Waals surface area contributed by atoms with Crippen LogP contribution in [-0.2, 0) is 12.8 Å². The van der Waals surface area contributed by atoms with Gasteiger partial charge in [-0.1, -0.05) is 0 Å². The van der Waals surface area contributed by atoms with E-state index in [2.05, 4.69) is 0 Å². The smallest absolute Gasteiger partial charge is 0.122 e. The van der Waals surface area contributed by atoms with Gasteiger partial charge < -0.3 is 10.5 Å². The number of anilines is 1. The lowest BCUT2D eigenvalue weighted by Crippen LogP contribution is -2.09. The van der Waals surface area contributed by atoms with E-state index in [4.69, 9.17) is 10.5 Å². The van der Waals surface area contributed by atoms with E-state index in [9.17, 15) is 0 Å². The molecule has 0 atom stereocenters. The molecule has 1 aromatic rings. The van der Waals surface area contributed by atoms with Crippen molar-refractivity contribution in [3.05, 3.63) is 23.3 Å². The van der Waals surface area contributed by atoms with Crippen molar-refractivity contribution in [2.24, 2.45) is 0 Å². The number of benzene rings is 1. The third-order valence-corrected chi connectivity index (χ3v) is 2.83. The molecule has 0 amide bonds. The number of nitrogens with two attached hydrogens (primary N) is 1. The van der Waals surface area contributed by atoms with Gasteiger partial charge in [0.25, 0.3) is 0 Å². The van der Waals surface area contributed by atoms with Crippen LogP contribution in [0.15, 0.2) is 12.1 Å². The van der Waals surface area contributed by atoms with E-state index >= 15 is 0 Å². The SMILES string of the molecule is CCOc1ccc(N)c2c1CCCC2. The van der Waals surface area contributed by atoms with Gasteiger partial charge in [-0.3, -0.25) is 0 Å². The van der Waals surface area contributed by atoms with Crippen LogP contribution in [0.2, 0.25) is 0 Å². The van der Waals surface area contributed by atoms with Crippen LogP contribution in [0, 0.1) is 0 Å². The van der Waals surface area contributed by atoms with Crippen molar-refractivity contribution in [3.8, 4) is 5.75 Å². The Morgan fingerprint density at radius 2 is 1.93 bits per heavy atom. The lowest BCUT2D eigenvalue weighted by molar-refractivity contribution is 0.334. The third kappa shape index (κ3) is 1.57. The zero-order valence-electron chi connectivity index (χ0n) is 8.68. The number of rotatable bonds is 2. The van der Waals surface area contributed by atoms with Gasteiger partial charge in [-0.25, -0.2) is 0 Å². The van der Waals surface area contributed by atoms with Gasteiger partial charge in [-0.05, 0) is 55.9 Å². The van der Waals surface area contributed by atoms with Crippen LogP contribution in [0.3, 0.4) is 0 Å². The molecule has 0 fully saturated rings. The second-order valence-corrected chi connectivity index (χ2v) is 3.75. The van der Waals surface area contributed by atoms with E-state index in [1.807, 2.05) is 19.1 Å². The van der Waals surface area contributed by atoms with Gasteiger partial charge in [0, 0.05) is 5.69 Å². The second kappa shape index (κ2) is 3.91. The molecule has 0 bridgehead atoms. The summed E-state index contributed by atoms with van der Waals surface area (Å²) in [6, 6.07) is 3.97. The van der Waals surface area contributed by atoms with Crippen LogP contribution in [0.5, 0.6) is 5.75 Å². The topological polar surface area (TPSA) is 35.2 Å². The maximum absolute atomic E-state index is 5.95. The number of nitrogen functional groups attached to an aromatic ring is 1. The Hall–Kier alpha value is -1.18. The first-order chi connectivity index (χ1) is 6.83. The van der Waals surface area contributed by atoms with Crippen LogP contribution < -0.4 is 10.5 Å². The molecule has 0 radical (unpaired) electrons. The molecule has 0 saturated heterocycles. The number of hydrogen-bond donors (Lipinski definition) is 1. The zero-order valence-corrected chi connectivity index (χ0v) is 8.68. The quantitative estimate of drug-likeness (QED) is 0.729. The van der Waals surface area contributed by atoms with Crippen LogP contribution >= 0.6 is 0 Å². The van der Waals surface area contributed by atoms with Crippen molar-refractivity contribution in [3.63, 3.8) is 0 Å². The monoisotopic (exact) mass is 191 g/mol. The first-order valence-electron chi connectivity index (χ1n) is 5.36. The molecule has 2 heteroatoms.